The number of hydrogen-bond acceptors (Lipinski definition) is 4. The van der Waals surface area contributed by atoms with E-state index in [1.165, 1.54) is 31.9 Å². The Balaban J connectivity index is 2.01. The average Bonchev–Trinajstić information content (AvgIpc) is 2.94. The first-order chi connectivity index (χ1) is 9.91. The van der Waals surface area contributed by atoms with Crippen molar-refractivity contribution in [3.8, 4) is 0 Å². The van der Waals surface area contributed by atoms with Gasteiger partial charge in [-0.3, -0.25) is 11.3 Å². The number of nitrogens with zero attached hydrogens (tertiary/aromatic N) is 1. The summed E-state index contributed by atoms with van der Waals surface area (Å²) in [6.07, 6.45) is 10.7. The molecule has 3 N–H and O–H groups in total. The van der Waals surface area contributed by atoms with Gasteiger partial charge in [-0.1, -0.05) is 19.8 Å². The Morgan fingerprint density at radius 3 is 2.52 bits per heavy atom. The van der Waals surface area contributed by atoms with E-state index in [1.807, 2.05) is 0 Å². The van der Waals surface area contributed by atoms with Crippen molar-refractivity contribution in [2.24, 2.45) is 17.2 Å². The van der Waals surface area contributed by atoms with Gasteiger partial charge in [-0.15, -0.1) is 0 Å². The van der Waals surface area contributed by atoms with E-state index >= 15 is 0 Å². The van der Waals surface area contributed by atoms with E-state index < -0.39 is 10.0 Å². The molecule has 21 heavy (non-hydrogen) atoms. The van der Waals surface area contributed by atoms with Crippen LogP contribution in [0.2, 0.25) is 0 Å². The van der Waals surface area contributed by atoms with Gasteiger partial charge in [-0.05, 0) is 49.9 Å². The molecular formula is C15H31N3O2S. The topological polar surface area (TPSA) is 75.4 Å². The van der Waals surface area contributed by atoms with E-state index in [4.69, 9.17) is 5.84 Å². The van der Waals surface area contributed by atoms with E-state index in [0.29, 0.717) is 30.5 Å². The van der Waals surface area contributed by atoms with Gasteiger partial charge in [0, 0.05) is 19.1 Å². The van der Waals surface area contributed by atoms with Crippen LogP contribution < -0.4 is 11.3 Å². The first-order valence-corrected chi connectivity index (χ1v) is 10.2. The lowest BCUT2D eigenvalue weighted by atomic mass is 9.72. The summed E-state index contributed by atoms with van der Waals surface area (Å²) in [6, 6.07) is 0.314. The van der Waals surface area contributed by atoms with E-state index in [0.717, 1.165) is 25.7 Å². The second-order valence-corrected chi connectivity index (χ2v) is 8.99. The van der Waals surface area contributed by atoms with Crippen LogP contribution in [0, 0.1) is 11.3 Å². The van der Waals surface area contributed by atoms with Crippen LogP contribution >= 0.6 is 0 Å². The second-order valence-electron chi connectivity index (χ2n) is 7.01. The maximum atomic E-state index is 11.7. The highest BCUT2D eigenvalue weighted by Crippen LogP contribution is 2.45. The zero-order valence-electron chi connectivity index (χ0n) is 13.5. The molecule has 1 aliphatic heterocycles. The third-order valence-corrected chi connectivity index (χ3v) is 7.03. The molecule has 2 aliphatic rings. The summed E-state index contributed by atoms with van der Waals surface area (Å²) >= 11 is 0. The van der Waals surface area contributed by atoms with Crippen LogP contribution in [0.3, 0.4) is 0 Å². The first-order valence-electron chi connectivity index (χ1n) is 8.32. The highest BCUT2D eigenvalue weighted by atomic mass is 32.2. The minimum atomic E-state index is -3.06. The summed E-state index contributed by atoms with van der Waals surface area (Å²) in [7, 11) is -3.06. The van der Waals surface area contributed by atoms with Crippen molar-refractivity contribution in [3.63, 3.8) is 0 Å². The summed E-state index contributed by atoms with van der Waals surface area (Å²) in [6.45, 7) is 3.60. The SMILES string of the molecule is CCC1(C(CC2CCCN(S(C)(=O)=O)C2)NN)CCCC1. The van der Waals surface area contributed by atoms with E-state index in [-0.39, 0.29) is 0 Å². The van der Waals surface area contributed by atoms with Crippen LogP contribution in [0.1, 0.15) is 58.3 Å². The zero-order chi connectivity index (χ0) is 15.5. The maximum Gasteiger partial charge on any atom is 0.211 e. The van der Waals surface area contributed by atoms with Gasteiger partial charge >= 0.3 is 0 Å². The van der Waals surface area contributed by atoms with E-state index in [1.54, 1.807) is 4.31 Å². The largest absolute Gasteiger partial charge is 0.271 e. The molecule has 2 atom stereocenters. The van der Waals surface area contributed by atoms with Crippen LogP contribution in [-0.2, 0) is 10.0 Å². The zero-order valence-corrected chi connectivity index (χ0v) is 14.3. The Labute approximate surface area is 129 Å². The molecule has 5 nitrogen and oxygen atoms in total. The maximum absolute atomic E-state index is 11.7. The van der Waals surface area contributed by atoms with Crippen molar-refractivity contribution < 1.29 is 8.42 Å². The van der Waals surface area contributed by atoms with Gasteiger partial charge in [0.15, 0.2) is 0 Å². The van der Waals surface area contributed by atoms with Crippen molar-refractivity contribution in [1.82, 2.24) is 9.73 Å². The van der Waals surface area contributed by atoms with E-state index in [9.17, 15) is 8.42 Å². The number of piperidine rings is 1. The summed E-state index contributed by atoms with van der Waals surface area (Å²) < 4.78 is 25.1. The van der Waals surface area contributed by atoms with Gasteiger partial charge in [0.1, 0.15) is 0 Å². The molecule has 0 amide bonds. The van der Waals surface area contributed by atoms with Crippen LogP contribution in [0.5, 0.6) is 0 Å². The normalized spacial score (nSPS) is 28.6. The highest BCUT2D eigenvalue weighted by molar-refractivity contribution is 7.88. The summed E-state index contributed by atoms with van der Waals surface area (Å²) in [5, 5.41) is 0. The molecule has 2 fully saturated rings. The molecule has 0 aromatic heterocycles. The summed E-state index contributed by atoms with van der Waals surface area (Å²) in [5.74, 6) is 6.30. The van der Waals surface area contributed by atoms with Gasteiger partial charge in [0.25, 0.3) is 0 Å². The lowest BCUT2D eigenvalue weighted by Crippen LogP contribution is -2.50. The molecule has 0 aromatic rings. The molecule has 124 valence electrons. The first kappa shape index (κ1) is 17.2. The molecular weight excluding hydrogens is 286 g/mol. The minimum absolute atomic E-state index is 0.314. The number of hydrogen-bond donors (Lipinski definition) is 2. The van der Waals surface area contributed by atoms with Crippen molar-refractivity contribution in [3.05, 3.63) is 0 Å². The molecule has 2 unspecified atom stereocenters. The molecule has 0 aromatic carbocycles. The monoisotopic (exact) mass is 317 g/mol. The van der Waals surface area contributed by atoms with Gasteiger partial charge in [0.2, 0.25) is 10.0 Å². The minimum Gasteiger partial charge on any atom is -0.271 e. The van der Waals surface area contributed by atoms with Crippen molar-refractivity contribution in [1.29, 1.82) is 0 Å². The molecule has 0 radical (unpaired) electrons. The van der Waals surface area contributed by atoms with Gasteiger partial charge in [-0.25, -0.2) is 12.7 Å². The fourth-order valence-corrected chi connectivity index (χ4v) is 5.32. The average molecular weight is 317 g/mol. The molecule has 0 bridgehead atoms. The predicted octanol–water partition coefficient (Wildman–Crippen LogP) is 1.85. The predicted molar refractivity (Wildman–Crippen MR) is 86.1 cm³/mol. The molecule has 1 aliphatic carbocycles. The third-order valence-electron chi connectivity index (χ3n) is 5.76. The van der Waals surface area contributed by atoms with Crippen LogP contribution in [0.15, 0.2) is 0 Å². The molecule has 1 saturated heterocycles. The fraction of sp³-hybridized carbons (Fsp3) is 1.00. The Morgan fingerprint density at radius 2 is 2.00 bits per heavy atom. The molecule has 1 heterocycles. The van der Waals surface area contributed by atoms with Crippen molar-refractivity contribution >= 4 is 10.0 Å². The van der Waals surface area contributed by atoms with Crippen molar-refractivity contribution in [2.45, 2.75) is 64.3 Å². The van der Waals surface area contributed by atoms with Gasteiger partial charge in [-0.2, -0.15) is 0 Å². The molecule has 1 saturated carbocycles. The van der Waals surface area contributed by atoms with Crippen LogP contribution in [-0.4, -0.2) is 38.1 Å². The van der Waals surface area contributed by atoms with Crippen molar-refractivity contribution in [2.75, 3.05) is 19.3 Å². The van der Waals surface area contributed by atoms with E-state index in [2.05, 4.69) is 12.3 Å². The number of sulfonamides is 1. The Bertz CT molecular complexity index is 432. The lowest BCUT2D eigenvalue weighted by Gasteiger charge is -2.40. The second kappa shape index (κ2) is 6.94. The Kier molecular flexibility index (Phi) is 5.68. The third kappa shape index (κ3) is 3.97. The number of nitrogens with two attached hydrogens (primary N) is 1. The smallest absolute Gasteiger partial charge is 0.211 e. The van der Waals surface area contributed by atoms with Gasteiger partial charge in [0.05, 0.1) is 6.26 Å². The number of hydrazine groups is 1. The molecule has 0 spiro atoms. The standard InChI is InChI=1S/C15H31N3O2S/c1-3-15(8-4-5-9-15)14(17-16)11-13-7-6-10-18(12-13)21(2,19)20/h13-14,17H,3-12,16H2,1-2H3. The Morgan fingerprint density at radius 1 is 1.33 bits per heavy atom. The number of rotatable bonds is 6. The number of nitrogens with one attached hydrogen (secondary N) is 1. The fourth-order valence-electron chi connectivity index (χ4n) is 4.38. The Hall–Kier alpha value is -0.170. The quantitative estimate of drug-likeness (QED) is 0.579. The van der Waals surface area contributed by atoms with Crippen LogP contribution in [0.25, 0.3) is 0 Å². The summed E-state index contributed by atoms with van der Waals surface area (Å²) in [4.78, 5) is 0. The summed E-state index contributed by atoms with van der Waals surface area (Å²) in [5.41, 5.74) is 3.39. The van der Waals surface area contributed by atoms with Crippen LogP contribution in [0.4, 0.5) is 0 Å². The lowest BCUT2D eigenvalue weighted by molar-refractivity contribution is 0.139. The highest BCUT2D eigenvalue weighted by Gasteiger charge is 2.40. The molecule has 2 rings (SSSR count). The molecule has 6 heteroatoms. The van der Waals surface area contributed by atoms with Gasteiger partial charge < -0.3 is 0 Å².